The first-order chi connectivity index (χ1) is 11.7. The molecule has 5 heteroatoms. The van der Waals surface area contributed by atoms with Gasteiger partial charge in [-0.05, 0) is 28.9 Å². The second-order valence-electron chi connectivity index (χ2n) is 7.64. The average Bonchev–Trinajstić information content (AvgIpc) is 2.53. The fourth-order valence-corrected chi connectivity index (χ4v) is 3.15. The Balaban J connectivity index is 1.87. The van der Waals surface area contributed by atoms with Gasteiger partial charge in [-0.2, -0.15) is 0 Å². The van der Waals surface area contributed by atoms with Crippen LogP contribution in [0, 0.1) is 0 Å². The van der Waals surface area contributed by atoms with E-state index in [0.29, 0.717) is 24.1 Å². The molecule has 1 amide bonds. The van der Waals surface area contributed by atoms with Gasteiger partial charge in [-0.25, -0.2) is 9.97 Å². The SMILES string of the molecule is CC(=O)Nc1ncc2c(n1)CC(c1ccc(C(C)(C)C)cc1)CC2=O. The first-order valence-electron chi connectivity index (χ1n) is 8.51. The van der Waals surface area contributed by atoms with Crippen molar-refractivity contribution in [1.82, 2.24) is 9.97 Å². The lowest BCUT2D eigenvalue weighted by molar-refractivity contribution is -0.114. The zero-order valence-corrected chi connectivity index (χ0v) is 15.1. The third kappa shape index (κ3) is 3.76. The molecule has 1 aliphatic rings. The predicted octanol–water partition coefficient (Wildman–Crippen LogP) is 3.65. The van der Waals surface area contributed by atoms with Crippen LogP contribution in [-0.2, 0) is 16.6 Å². The normalized spacial score (nSPS) is 17.1. The third-order valence-corrected chi connectivity index (χ3v) is 4.58. The van der Waals surface area contributed by atoms with Crippen LogP contribution in [0.25, 0.3) is 0 Å². The topological polar surface area (TPSA) is 72.0 Å². The first kappa shape index (κ1) is 17.3. The van der Waals surface area contributed by atoms with Gasteiger partial charge in [-0.1, -0.05) is 45.0 Å². The van der Waals surface area contributed by atoms with Gasteiger partial charge in [0.05, 0.1) is 11.3 Å². The average molecular weight is 337 g/mol. The number of rotatable bonds is 2. The molecule has 1 aromatic heterocycles. The van der Waals surface area contributed by atoms with Crippen molar-refractivity contribution in [3.05, 3.63) is 52.8 Å². The maximum absolute atomic E-state index is 12.5. The highest BCUT2D eigenvalue weighted by Gasteiger charge is 2.28. The minimum Gasteiger partial charge on any atom is -0.295 e. The number of Topliss-reactive ketones (excluding diaryl/α,β-unsaturated/α-hetero) is 1. The Bertz CT molecular complexity index is 820. The van der Waals surface area contributed by atoms with E-state index >= 15 is 0 Å². The number of carbonyl (C=O) groups is 2. The highest BCUT2D eigenvalue weighted by molar-refractivity contribution is 5.98. The Morgan fingerprint density at radius 1 is 1.16 bits per heavy atom. The lowest BCUT2D eigenvalue weighted by Crippen LogP contribution is -2.22. The molecule has 130 valence electrons. The molecule has 1 unspecified atom stereocenters. The fourth-order valence-electron chi connectivity index (χ4n) is 3.15. The molecular weight excluding hydrogens is 314 g/mol. The fraction of sp³-hybridized carbons (Fsp3) is 0.400. The zero-order chi connectivity index (χ0) is 18.2. The van der Waals surface area contributed by atoms with Crippen LogP contribution < -0.4 is 5.32 Å². The summed E-state index contributed by atoms with van der Waals surface area (Å²) in [6.45, 7) is 7.96. The van der Waals surface area contributed by atoms with Gasteiger partial charge in [-0.3, -0.25) is 14.9 Å². The van der Waals surface area contributed by atoms with E-state index in [1.54, 1.807) is 0 Å². The second-order valence-corrected chi connectivity index (χ2v) is 7.64. The molecule has 25 heavy (non-hydrogen) atoms. The van der Waals surface area contributed by atoms with Crippen LogP contribution in [-0.4, -0.2) is 21.7 Å². The minimum atomic E-state index is -0.226. The third-order valence-electron chi connectivity index (χ3n) is 4.58. The van der Waals surface area contributed by atoms with Gasteiger partial charge in [0.25, 0.3) is 0 Å². The number of amides is 1. The lowest BCUT2D eigenvalue weighted by atomic mass is 9.80. The number of nitrogens with one attached hydrogen (secondary N) is 1. The van der Waals surface area contributed by atoms with Crippen LogP contribution in [0.2, 0.25) is 0 Å². The molecule has 0 aliphatic heterocycles. The minimum absolute atomic E-state index is 0.0560. The van der Waals surface area contributed by atoms with Crippen molar-refractivity contribution in [2.45, 2.75) is 51.9 Å². The predicted molar refractivity (Wildman–Crippen MR) is 96.9 cm³/mol. The van der Waals surface area contributed by atoms with Gasteiger partial charge in [0.15, 0.2) is 5.78 Å². The van der Waals surface area contributed by atoms with Crippen molar-refractivity contribution in [1.29, 1.82) is 0 Å². The van der Waals surface area contributed by atoms with E-state index in [1.807, 2.05) is 0 Å². The van der Waals surface area contributed by atoms with E-state index in [0.717, 1.165) is 5.56 Å². The summed E-state index contributed by atoms with van der Waals surface area (Å²) in [4.78, 5) is 32.1. The number of nitrogens with zero attached hydrogens (tertiary/aromatic N) is 2. The molecule has 0 spiro atoms. The maximum atomic E-state index is 12.5. The van der Waals surface area contributed by atoms with Crippen molar-refractivity contribution >= 4 is 17.6 Å². The smallest absolute Gasteiger partial charge is 0.229 e. The summed E-state index contributed by atoms with van der Waals surface area (Å²) in [7, 11) is 0. The van der Waals surface area contributed by atoms with Crippen molar-refractivity contribution < 1.29 is 9.59 Å². The standard InChI is InChI=1S/C20H23N3O2/c1-12(24)22-19-21-11-16-17(23-19)9-14(10-18(16)25)13-5-7-15(8-6-13)20(2,3)4/h5-8,11,14H,9-10H2,1-4H3,(H,21,22,23,24). The number of hydrogen-bond donors (Lipinski definition) is 1. The van der Waals surface area contributed by atoms with Crippen LogP contribution in [0.3, 0.4) is 0 Å². The van der Waals surface area contributed by atoms with E-state index in [9.17, 15) is 9.59 Å². The molecule has 0 radical (unpaired) electrons. The molecule has 1 N–H and O–H groups in total. The molecule has 1 aromatic carbocycles. The number of fused-ring (bicyclic) bond motifs is 1. The van der Waals surface area contributed by atoms with Crippen LogP contribution in [0.5, 0.6) is 0 Å². The summed E-state index contributed by atoms with van der Waals surface area (Å²) < 4.78 is 0. The summed E-state index contributed by atoms with van der Waals surface area (Å²) in [6, 6.07) is 8.50. The number of benzene rings is 1. The Morgan fingerprint density at radius 2 is 1.84 bits per heavy atom. The molecule has 0 saturated carbocycles. The van der Waals surface area contributed by atoms with E-state index in [2.05, 4.69) is 60.3 Å². The van der Waals surface area contributed by atoms with E-state index in [4.69, 9.17) is 0 Å². The van der Waals surface area contributed by atoms with Crippen LogP contribution >= 0.6 is 0 Å². The van der Waals surface area contributed by atoms with Gasteiger partial charge >= 0.3 is 0 Å². The molecule has 0 saturated heterocycles. The van der Waals surface area contributed by atoms with Crippen molar-refractivity contribution in [3.63, 3.8) is 0 Å². The molecule has 2 aromatic rings. The molecule has 3 rings (SSSR count). The highest BCUT2D eigenvalue weighted by Crippen LogP contribution is 2.33. The van der Waals surface area contributed by atoms with Crippen LogP contribution in [0.4, 0.5) is 5.95 Å². The van der Waals surface area contributed by atoms with Crippen molar-refractivity contribution in [2.75, 3.05) is 5.32 Å². The van der Waals surface area contributed by atoms with Gasteiger partial charge in [-0.15, -0.1) is 0 Å². The Morgan fingerprint density at radius 3 is 2.44 bits per heavy atom. The highest BCUT2D eigenvalue weighted by atomic mass is 16.1. The molecule has 1 atom stereocenters. The second kappa shape index (κ2) is 6.39. The van der Waals surface area contributed by atoms with Gasteiger partial charge in [0.2, 0.25) is 11.9 Å². The van der Waals surface area contributed by atoms with Crippen LogP contribution in [0.15, 0.2) is 30.5 Å². The van der Waals surface area contributed by atoms with Gasteiger partial charge < -0.3 is 0 Å². The van der Waals surface area contributed by atoms with E-state index in [-0.39, 0.29) is 29.0 Å². The van der Waals surface area contributed by atoms with Crippen molar-refractivity contribution in [3.8, 4) is 0 Å². The number of aromatic nitrogens is 2. The van der Waals surface area contributed by atoms with Gasteiger partial charge in [0.1, 0.15) is 0 Å². The van der Waals surface area contributed by atoms with Crippen molar-refractivity contribution in [2.24, 2.45) is 0 Å². The lowest BCUT2D eigenvalue weighted by Gasteiger charge is -2.25. The van der Waals surface area contributed by atoms with Crippen LogP contribution in [0.1, 0.15) is 67.2 Å². The molecule has 5 nitrogen and oxygen atoms in total. The number of anilines is 1. The van der Waals surface area contributed by atoms with E-state index < -0.39 is 0 Å². The summed E-state index contributed by atoms with van der Waals surface area (Å²) in [5.74, 6) is 0.189. The summed E-state index contributed by atoms with van der Waals surface area (Å²) in [5.41, 5.74) is 3.80. The number of carbonyl (C=O) groups excluding carboxylic acids is 2. The Kier molecular flexibility index (Phi) is 4.41. The number of hydrogen-bond acceptors (Lipinski definition) is 4. The molecule has 1 aliphatic carbocycles. The summed E-state index contributed by atoms with van der Waals surface area (Å²) in [6.07, 6.45) is 2.66. The summed E-state index contributed by atoms with van der Waals surface area (Å²) in [5, 5.41) is 2.58. The maximum Gasteiger partial charge on any atom is 0.229 e. The first-order valence-corrected chi connectivity index (χ1v) is 8.51. The monoisotopic (exact) mass is 337 g/mol. The largest absolute Gasteiger partial charge is 0.295 e. The van der Waals surface area contributed by atoms with Gasteiger partial charge in [0, 0.05) is 19.5 Å². The number of ketones is 1. The molecular formula is C20H23N3O2. The zero-order valence-electron chi connectivity index (χ0n) is 15.1. The van der Waals surface area contributed by atoms with E-state index in [1.165, 1.54) is 18.7 Å². The molecule has 0 fully saturated rings. The Labute approximate surface area is 147 Å². The summed E-state index contributed by atoms with van der Waals surface area (Å²) >= 11 is 0. The quantitative estimate of drug-likeness (QED) is 0.908. The Hall–Kier alpha value is -2.56. The molecule has 0 bridgehead atoms. The molecule has 1 heterocycles.